The quantitative estimate of drug-likeness (QED) is 0.158. The third kappa shape index (κ3) is 9.01. The van der Waals surface area contributed by atoms with E-state index in [1.54, 1.807) is 9.36 Å². The van der Waals surface area contributed by atoms with Crippen LogP contribution in [-0.2, 0) is 27.9 Å². The molecule has 3 aliphatic rings. The predicted molar refractivity (Wildman–Crippen MR) is 253 cm³/mol. The van der Waals surface area contributed by atoms with Crippen LogP contribution in [0.4, 0.5) is 0 Å². The minimum absolute atomic E-state index is 0.360. The van der Waals surface area contributed by atoms with E-state index in [2.05, 4.69) is 36.1 Å². The van der Waals surface area contributed by atoms with Crippen molar-refractivity contribution in [1.82, 2.24) is 29.5 Å². The molecule has 0 atom stereocenters. The first-order chi connectivity index (χ1) is 28.7. The first kappa shape index (κ1) is 46.7. The van der Waals surface area contributed by atoms with Gasteiger partial charge < -0.3 is 27.9 Å². The second-order valence-corrected chi connectivity index (χ2v) is 20.7. The number of nitrogens with zero attached hydrogens (tertiary/aromatic N) is 6. The van der Waals surface area contributed by atoms with Crippen LogP contribution < -0.4 is 5.46 Å². The number of hydrogen-bond donors (Lipinski definition) is 0. The molecule has 0 spiro atoms. The van der Waals surface area contributed by atoms with Gasteiger partial charge in [-0.25, -0.2) is 19.3 Å². The number of pyridine rings is 2. The molecular formula is C44H54B3BrCl2N6O6. The van der Waals surface area contributed by atoms with Crippen molar-refractivity contribution >= 4 is 87.5 Å². The van der Waals surface area contributed by atoms with Gasteiger partial charge in [0.1, 0.15) is 0 Å². The molecule has 3 fully saturated rings. The van der Waals surface area contributed by atoms with E-state index in [1.807, 2.05) is 170 Å². The lowest BCUT2D eigenvalue weighted by atomic mass is 9.49. The van der Waals surface area contributed by atoms with Gasteiger partial charge in [0.15, 0.2) is 11.6 Å². The van der Waals surface area contributed by atoms with Gasteiger partial charge in [0.05, 0.1) is 67.1 Å². The van der Waals surface area contributed by atoms with Gasteiger partial charge in [0.2, 0.25) is 0 Å². The first-order valence-electron chi connectivity index (χ1n) is 20.7. The summed E-state index contributed by atoms with van der Waals surface area (Å²) in [6.45, 7) is 28.3. The van der Waals surface area contributed by atoms with Gasteiger partial charge in [-0.15, -0.1) is 0 Å². The van der Waals surface area contributed by atoms with Crippen LogP contribution in [0.15, 0.2) is 77.5 Å². The molecule has 2 aromatic carbocycles. The van der Waals surface area contributed by atoms with Crippen molar-refractivity contribution in [3.8, 4) is 11.6 Å². The van der Waals surface area contributed by atoms with E-state index in [0.29, 0.717) is 21.7 Å². The summed E-state index contributed by atoms with van der Waals surface area (Å²) in [5.74, 6) is 1.28. The summed E-state index contributed by atoms with van der Waals surface area (Å²) in [6.07, 6.45) is 3.62. The Morgan fingerprint density at radius 3 is 1.29 bits per heavy atom. The molecule has 0 radical (unpaired) electrons. The number of benzene rings is 2. The van der Waals surface area contributed by atoms with Crippen molar-refractivity contribution < 1.29 is 27.9 Å². The highest BCUT2D eigenvalue weighted by Crippen LogP contribution is 2.43. The molecule has 18 heteroatoms. The fraction of sp³-hybridized carbons (Fsp3) is 0.455. The second kappa shape index (κ2) is 16.6. The van der Waals surface area contributed by atoms with Crippen LogP contribution >= 0.6 is 39.1 Å². The van der Waals surface area contributed by atoms with Crippen molar-refractivity contribution in [2.75, 3.05) is 0 Å². The molecule has 0 amide bonds. The molecule has 3 aliphatic heterocycles. The van der Waals surface area contributed by atoms with Crippen molar-refractivity contribution in [2.24, 2.45) is 0 Å². The maximum atomic E-state index is 6.36. The van der Waals surface area contributed by atoms with Crippen LogP contribution in [0.25, 0.3) is 33.4 Å². The third-order valence-corrected chi connectivity index (χ3v) is 13.8. The summed E-state index contributed by atoms with van der Waals surface area (Å²) in [5.41, 5.74) is 2.43. The van der Waals surface area contributed by atoms with Gasteiger partial charge in [0.25, 0.3) is 0 Å². The number of aromatic nitrogens is 6. The Kier molecular flexibility index (Phi) is 12.5. The fourth-order valence-corrected chi connectivity index (χ4v) is 7.56. The first-order valence-corrected chi connectivity index (χ1v) is 22.2. The van der Waals surface area contributed by atoms with E-state index in [9.17, 15) is 0 Å². The maximum Gasteiger partial charge on any atom is 0.494 e. The molecule has 4 aromatic heterocycles. The van der Waals surface area contributed by atoms with Crippen LogP contribution in [0.2, 0.25) is 10.0 Å². The number of rotatable bonds is 4. The highest BCUT2D eigenvalue weighted by Gasteiger charge is 2.63. The number of halogens is 3. The molecule has 7 heterocycles. The summed E-state index contributed by atoms with van der Waals surface area (Å²) in [4.78, 5) is 8.99. The third-order valence-electron chi connectivity index (χ3n) is 12.8. The Labute approximate surface area is 384 Å². The van der Waals surface area contributed by atoms with E-state index in [1.165, 1.54) is 0 Å². The fourth-order valence-electron chi connectivity index (χ4n) is 6.84. The van der Waals surface area contributed by atoms with Gasteiger partial charge >= 0.3 is 21.1 Å². The Morgan fingerprint density at radius 2 is 0.871 bits per heavy atom. The van der Waals surface area contributed by atoms with Gasteiger partial charge in [-0.1, -0.05) is 57.3 Å². The second-order valence-electron chi connectivity index (χ2n) is 19.0. The van der Waals surface area contributed by atoms with E-state index in [4.69, 9.17) is 51.1 Å². The normalized spacial score (nSPS) is 20.3. The van der Waals surface area contributed by atoms with E-state index >= 15 is 0 Å². The minimum atomic E-state index is -0.476. The molecule has 326 valence electrons. The van der Waals surface area contributed by atoms with Crippen LogP contribution in [0.3, 0.4) is 0 Å². The van der Waals surface area contributed by atoms with Crippen LogP contribution in [0.1, 0.15) is 94.5 Å². The molecule has 9 rings (SSSR count). The van der Waals surface area contributed by atoms with E-state index < -0.39 is 21.1 Å². The van der Waals surface area contributed by atoms with E-state index in [0.717, 1.165) is 43.1 Å². The highest BCUT2D eigenvalue weighted by atomic mass is 79.9. The van der Waals surface area contributed by atoms with Crippen molar-refractivity contribution in [2.45, 2.75) is 131 Å². The van der Waals surface area contributed by atoms with Crippen molar-refractivity contribution in [3.05, 3.63) is 99.0 Å². The molecule has 0 saturated carbocycles. The zero-order valence-corrected chi connectivity index (χ0v) is 41.0. The van der Waals surface area contributed by atoms with E-state index in [-0.39, 0.29) is 33.6 Å². The molecular weight excluding hydrogens is 892 g/mol. The summed E-state index contributed by atoms with van der Waals surface area (Å²) in [7, 11) is -1.37. The van der Waals surface area contributed by atoms with Crippen LogP contribution in [-0.4, -0.2) is 84.3 Å². The molecule has 0 bridgehead atoms. The molecule has 3 saturated heterocycles. The Bertz CT molecular complexity index is 2550. The van der Waals surface area contributed by atoms with Crippen LogP contribution in [0, 0.1) is 13.8 Å². The molecule has 62 heavy (non-hydrogen) atoms. The summed E-state index contributed by atoms with van der Waals surface area (Å²) < 4.78 is 40.7. The van der Waals surface area contributed by atoms with Gasteiger partial charge in [0, 0.05) is 26.6 Å². The lowest BCUT2D eigenvalue weighted by Gasteiger charge is -2.32. The average Bonchev–Trinajstić information content (AvgIpc) is 3.93. The SMILES string of the molecule is CC1(C)OB(B2OC(C)(C)C(C)(C)O2)OC1(C)C.Cc1ccc(Cl)c(-n2ncc3ccc(B4OC(C)(C)C(C)(C)O4)cc32)n1.Cc1ccc(Cl)c(-n2ncc3ccc(Br)cc32)n1. The monoisotopic (exact) mass is 944 g/mol. The zero-order valence-electron chi connectivity index (χ0n) is 37.9. The van der Waals surface area contributed by atoms with Crippen LogP contribution in [0.5, 0.6) is 0 Å². The highest BCUT2D eigenvalue weighted by molar-refractivity contribution is 9.10. The molecule has 0 N–H and O–H groups in total. The Balaban J connectivity index is 0.000000144. The molecule has 0 aliphatic carbocycles. The van der Waals surface area contributed by atoms with Gasteiger partial charge in [-0.05, 0) is 145 Å². The number of fused-ring (bicyclic) bond motifs is 2. The standard InChI is InChI=1S/C19H21BClN3O2.C13H9BrClN3.C12H24B2O4/c1-12-6-9-15(21)17(23-12)24-16-10-14(8-7-13(16)11-22-24)20-25-18(2,3)19(4,5)26-20;1-8-2-5-11(15)13(17-8)18-12-6-10(14)4-3-9(12)7-16-18;1-9(2)10(3,4)16-13(15-9)14-17-11(5,6)12(7,8)18-14/h6-11H,1-5H3;2-7H,1H3;1-8H3. The lowest BCUT2D eigenvalue weighted by molar-refractivity contribution is 0.00578. The maximum absolute atomic E-state index is 6.36. The lowest BCUT2D eigenvalue weighted by Crippen LogP contribution is -2.41. The smallest absolute Gasteiger partial charge is 0.405 e. The minimum Gasteiger partial charge on any atom is -0.405 e. The topological polar surface area (TPSA) is 117 Å². The molecule has 0 unspecified atom stereocenters. The Hall–Kier alpha value is -3.31. The summed E-state index contributed by atoms with van der Waals surface area (Å²) >= 11 is 16.0. The summed E-state index contributed by atoms with van der Waals surface area (Å²) in [6, 6.07) is 19.5. The molecule has 6 aromatic rings. The predicted octanol–water partition coefficient (Wildman–Crippen LogP) is 10.1. The average molecular weight is 946 g/mol. The summed E-state index contributed by atoms with van der Waals surface area (Å²) in [5, 5.41) is 12.0. The van der Waals surface area contributed by atoms with Gasteiger partial charge in [-0.2, -0.15) is 10.2 Å². The van der Waals surface area contributed by atoms with Crippen molar-refractivity contribution in [3.63, 3.8) is 0 Å². The number of aryl methyl sites for hydroxylation is 2. The zero-order chi connectivity index (χ0) is 45.4. The molecule has 12 nitrogen and oxygen atoms in total. The Morgan fingerprint density at radius 1 is 0.500 bits per heavy atom. The van der Waals surface area contributed by atoms with Gasteiger partial charge in [-0.3, -0.25) is 0 Å². The largest absolute Gasteiger partial charge is 0.494 e. The van der Waals surface area contributed by atoms with Crippen molar-refractivity contribution in [1.29, 1.82) is 0 Å². The number of hydrogen-bond acceptors (Lipinski definition) is 10.